The normalized spacial score (nSPS) is 10.1. The SMILES string of the molecule is [CH2+]CN(CC)CC. The highest BCUT2D eigenvalue weighted by molar-refractivity contribution is 4.50. The first kappa shape index (κ1) is 6.83. The summed E-state index contributed by atoms with van der Waals surface area (Å²) in [6, 6.07) is 0. The lowest BCUT2D eigenvalue weighted by Gasteiger charge is -2.09. The third-order valence-corrected chi connectivity index (χ3v) is 1.21. The average molecular weight is 100 g/mol. The molecule has 0 amide bonds. The first-order valence-corrected chi connectivity index (χ1v) is 2.86. The monoisotopic (exact) mass is 100 g/mol. The summed E-state index contributed by atoms with van der Waals surface area (Å²) in [6.07, 6.45) is 0. The molecule has 0 bridgehead atoms. The number of rotatable bonds is 3. The fourth-order valence-electron chi connectivity index (χ4n) is 0.540. The van der Waals surface area contributed by atoms with Gasteiger partial charge in [-0.25, -0.2) is 0 Å². The molecule has 0 aromatic rings. The van der Waals surface area contributed by atoms with Crippen LogP contribution in [0.15, 0.2) is 0 Å². The Morgan fingerprint density at radius 3 is 1.71 bits per heavy atom. The van der Waals surface area contributed by atoms with Crippen molar-refractivity contribution in [3.05, 3.63) is 6.92 Å². The van der Waals surface area contributed by atoms with Crippen LogP contribution in [0.4, 0.5) is 0 Å². The summed E-state index contributed by atoms with van der Waals surface area (Å²) in [7, 11) is 0. The minimum absolute atomic E-state index is 0.938. The molecule has 0 aliphatic carbocycles. The maximum Gasteiger partial charge on any atom is 0.138 e. The quantitative estimate of drug-likeness (QED) is 0.481. The van der Waals surface area contributed by atoms with Crippen molar-refractivity contribution in [1.82, 2.24) is 4.90 Å². The fraction of sp³-hybridized carbons (Fsp3) is 0.833. The highest BCUT2D eigenvalue weighted by Crippen LogP contribution is 1.81. The van der Waals surface area contributed by atoms with E-state index in [4.69, 9.17) is 0 Å². The van der Waals surface area contributed by atoms with Crippen LogP contribution >= 0.6 is 0 Å². The lowest BCUT2D eigenvalue weighted by Crippen LogP contribution is -2.21. The topological polar surface area (TPSA) is 3.24 Å². The van der Waals surface area contributed by atoms with Crippen LogP contribution < -0.4 is 0 Å². The van der Waals surface area contributed by atoms with Gasteiger partial charge in [-0.2, -0.15) is 0 Å². The second kappa shape index (κ2) is 4.00. The van der Waals surface area contributed by atoms with Gasteiger partial charge in [0.1, 0.15) is 6.54 Å². The predicted molar refractivity (Wildman–Crippen MR) is 33.1 cm³/mol. The Balaban J connectivity index is 2.99. The van der Waals surface area contributed by atoms with Gasteiger partial charge in [-0.3, -0.25) is 4.90 Å². The molecule has 0 aliphatic heterocycles. The molecule has 0 aromatic heterocycles. The molecule has 0 radical (unpaired) electrons. The molecule has 0 aromatic carbocycles. The van der Waals surface area contributed by atoms with E-state index in [9.17, 15) is 0 Å². The first-order valence-electron chi connectivity index (χ1n) is 2.86. The van der Waals surface area contributed by atoms with Gasteiger partial charge in [-0.05, 0) is 13.1 Å². The van der Waals surface area contributed by atoms with E-state index in [2.05, 4.69) is 25.7 Å². The summed E-state index contributed by atoms with van der Waals surface area (Å²) in [5, 5.41) is 0. The highest BCUT2D eigenvalue weighted by atomic mass is 15.1. The van der Waals surface area contributed by atoms with Gasteiger partial charge in [0.05, 0.1) is 6.92 Å². The molecule has 1 heteroatoms. The van der Waals surface area contributed by atoms with Crippen LogP contribution in [-0.2, 0) is 0 Å². The molecule has 0 aliphatic rings. The average Bonchev–Trinajstić information content (AvgIpc) is 1.72. The van der Waals surface area contributed by atoms with Crippen molar-refractivity contribution >= 4 is 0 Å². The van der Waals surface area contributed by atoms with Crippen LogP contribution in [0.3, 0.4) is 0 Å². The van der Waals surface area contributed by atoms with Gasteiger partial charge in [-0.1, -0.05) is 13.8 Å². The van der Waals surface area contributed by atoms with Crippen LogP contribution in [-0.4, -0.2) is 24.5 Å². The molecule has 0 N–H and O–H groups in total. The van der Waals surface area contributed by atoms with Crippen molar-refractivity contribution in [3.63, 3.8) is 0 Å². The number of hydrogen-bond acceptors (Lipinski definition) is 1. The van der Waals surface area contributed by atoms with Crippen LogP contribution in [0.1, 0.15) is 13.8 Å². The van der Waals surface area contributed by atoms with E-state index in [1.54, 1.807) is 0 Å². The Kier molecular flexibility index (Phi) is 3.90. The molecule has 0 saturated carbocycles. The maximum absolute atomic E-state index is 3.75. The van der Waals surface area contributed by atoms with Gasteiger partial charge < -0.3 is 0 Å². The second-order valence-corrected chi connectivity index (χ2v) is 1.53. The van der Waals surface area contributed by atoms with Crippen LogP contribution in [0.25, 0.3) is 0 Å². The number of hydrogen-bond donors (Lipinski definition) is 0. The third kappa shape index (κ3) is 2.52. The van der Waals surface area contributed by atoms with E-state index in [0.717, 1.165) is 19.6 Å². The van der Waals surface area contributed by atoms with E-state index < -0.39 is 0 Å². The summed E-state index contributed by atoms with van der Waals surface area (Å²) >= 11 is 0. The third-order valence-electron chi connectivity index (χ3n) is 1.21. The van der Waals surface area contributed by atoms with Crippen LogP contribution in [0.5, 0.6) is 0 Å². The predicted octanol–water partition coefficient (Wildman–Crippen LogP) is 1.16. The Morgan fingerprint density at radius 1 is 1.29 bits per heavy atom. The largest absolute Gasteiger partial charge is 0.266 e. The van der Waals surface area contributed by atoms with Gasteiger partial charge in [-0.15, -0.1) is 0 Å². The summed E-state index contributed by atoms with van der Waals surface area (Å²) in [4.78, 5) is 2.26. The van der Waals surface area contributed by atoms with E-state index in [1.807, 2.05) is 0 Å². The molecule has 0 saturated heterocycles. The summed E-state index contributed by atoms with van der Waals surface area (Å²) in [5.74, 6) is 0. The molecule has 0 rings (SSSR count). The molecule has 7 heavy (non-hydrogen) atoms. The minimum Gasteiger partial charge on any atom is -0.266 e. The molecule has 0 fully saturated rings. The van der Waals surface area contributed by atoms with Crippen LogP contribution in [0, 0.1) is 6.92 Å². The summed E-state index contributed by atoms with van der Waals surface area (Å²) in [5.41, 5.74) is 0. The standard InChI is InChI=1S/C6H14N/c1-4-7(5-2)6-3/h1,4-6H2,2-3H3/q+1. The van der Waals surface area contributed by atoms with Gasteiger partial charge in [0.25, 0.3) is 0 Å². The van der Waals surface area contributed by atoms with Crippen molar-refractivity contribution < 1.29 is 0 Å². The Labute approximate surface area is 46.3 Å². The number of nitrogens with zero attached hydrogens (tertiary/aromatic N) is 1. The zero-order valence-electron chi connectivity index (χ0n) is 5.28. The molecule has 1 nitrogen and oxygen atoms in total. The van der Waals surface area contributed by atoms with Gasteiger partial charge in [0.15, 0.2) is 0 Å². The van der Waals surface area contributed by atoms with Gasteiger partial charge in [0, 0.05) is 0 Å². The fourth-order valence-corrected chi connectivity index (χ4v) is 0.540. The Hall–Kier alpha value is -0.170. The lowest BCUT2D eigenvalue weighted by molar-refractivity contribution is 0.336. The molecule has 42 valence electrons. The van der Waals surface area contributed by atoms with Crippen LogP contribution in [0.2, 0.25) is 0 Å². The van der Waals surface area contributed by atoms with Gasteiger partial charge in [0.2, 0.25) is 0 Å². The van der Waals surface area contributed by atoms with Crippen molar-refractivity contribution in [1.29, 1.82) is 0 Å². The smallest absolute Gasteiger partial charge is 0.138 e. The second-order valence-electron chi connectivity index (χ2n) is 1.53. The molecule has 0 spiro atoms. The van der Waals surface area contributed by atoms with E-state index in [-0.39, 0.29) is 0 Å². The van der Waals surface area contributed by atoms with E-state index >= 15 is 0 Å². The molecular formula is C6H14N+. The van der Waals surface area contributed by atoms with E-state index in [0.29, 0.717) is 0 Å². The molecule has 0 atom stereocenters. The van der Waals surface area contributed by atoms with E-state index in [1.165, 1.54) is 0 Å². The summed E-state index contributed by atoms with van der Waals surface area (Å²) in [6.45, 7) is 11.2. The maximum atomic E-state index is 3.75. The van der Waals surface area contributed by atoms with Gasteiger partial charge >= 0.3 is 0 Å². The first-order chi connectivity index (χ1) is 3.35. The lowest BCUT2D eigenvalue weighted by atomic mass is 10.5. The molecule has 0 unspecified atom stereocenters. The van der Waals surface area contributed by atoms with Crippen molar-refractivity contribution in [2.45, 2.75) is 13.8 Å². The zero-order chi connectivity index (χ0) is 5.70. The Bertz CT molecular complexity index is 25.7. The van der Waals surface area contributed by atoms with Crippen molar-refractivity contribution in [2.24, 2.45) is 0 Å². The van der Waals surface area contributed by atoms with Crippen molar-refractivity contribution in [2.75, 3.05) is 19.6 Å². The minimum atomic E-state index is 0.938. The molecule has 0 heterocycles. The summed E-state index contributed by atoms with van der Waals surface area (Å²) < 4.78 is 0. The highest BCUT2D eigenvalue weighted by Gasteiger charge is 1.93. The zero-order valence-corrected chi connectivity index (χ0v) is 5.28. The Morgan fingerprint density at radius 2 is 1.71 bits per heavy atom. The molecular weight excluding hydrogens is 86.1 g/mol. The van der Waals surface area contributed by atoms with Crippen molar-refractivity contribution in [3.8, 4) is 0 Å².